The quantitative estimate of drug-likeness (QED) is 0.615. The Kier molecular flexibility index (Phi) is 4.09. The van der Waals surface area contributed by atoms with Crippen molar-refractivity contribution in [2.45, 2.75) is 18.6 Å². The van der Waals surface area contributed by atoms with Crippen LogP contribution in [0.25, 0.3) is 0 Å². The molecule has 0 heterocycles. The first kappa shape index (κ1) is 13.9. The van der Waals surface area contributed by atoms with Crippen LogP contribution in [0, 0.1) is 0 Å². The molecule has 0 radical (unpaired) electrons. The summed E-state index contributed by atoms with van der Waals surface area (Å²) in [5, 5.41) is -1.31. The molecule has 5 nitrogen and oxygen atoms in total. The summed E-state index contributed by atoms with van der Waals surface area (Å²) in [6.45, 7) is 1.37. The highest BCUT2D eigenvalue weighted by molar-refractivity contribution is 7.67. The fourth-order valence-electron chi connectivity index (χ4n) is 1.40. The fraction of sp³-hybridized carbons (Fsp3) is 0.364. The van der Waals surface area contributed by atoms with Crippen molar-refractivity contribution in [3.8, 4) is 0 Å². The van der Waals surface area contributed by atoms with Crippen molar-refractivity contribution in [1.29, 1.82) is 0 Å². The van der Waals surface area contributed by atoms with Gasteiger partial charge in [0.2, 0.25) is 7.37 Å². The first-order chi connectivity index (χ1) is 7.81. The number of benzene rings is 1. The standard InChI is InChI=1S/C11H16NO4P/c1-11(12,8-10(13)16-2)17(14,15)9-6-4-3-5-7-9/h3-7H,8,12H2,1-2H3,(H,14,15). The second kappa shape index (κ2) is 5.00. The minimum atomic E-state index is -3.84. The van der Waals surface area contributed by atoms with E-state index < -0.39 is 18.6 Å². The van der Waals surface area contributed by atoms with Gasteiger partial charge in [0.15, 0.2) is 0 Å². The van der Waals surface area contributed by atoms with Gasteiger partial charge in [-0.3, -0.25) is 9.36 Å². The van der Waals surface area contributed by atoms with E-state index >= 15 is 0 Å². The minimum Gasteiger partial charge on any atom is -0.469 e. The summed E-state index contributed by atoms with van der Waals surface area (Å²) >= 11 is 0. The fourth-order valence-corrected chi connectivity index (χ4v) is 2.91. The van der Waals surface area contributed by atoms with Crippen LogP contribution in [0.4, 0.5) is 0 Å². The average Bonchev–Trinajstić information content (AvgIpc) is 2.29. The maximum Gasteiger partial charge on any atom is 0.307 e. The largest absolute Gasteiger partial charge is 0.469 e. The van der Waals surface area contributed by atoms with Gasteiger partial charge in [-0.05, 0) is 19.1 Å². The molecule has 0 amide bonds. The van der Waals surface area contributed by atoms with Crippen molar-refractivity contribution in [3.63, 3.8) is 0 Å². The third-order valence-electron chi connectivity index (χ3n) is 2.53. The Balaban J connectivity index is 3.05. The predicted molar refractivity (Wildman–Crippen MR) is 65.1 cm³/mol. The zero-order valence-electron chi connectivity index (χ0n) is 9.79. The summed E-state index contributed by atoms with van der Waals surface area (Å²) in [5.74, 6) is -0.611. The lowest BCUT2D eigenvalue weighted by atomic mass is 10.2. The zero-order chi connectivity index (χ0) is 13.1. The number of hydrogen-bond donors (Lipinski definition) is 2. The number of carbonyl (C=O) groups is 1. The van der Waals surface area contributed by atoms with E-state index in [1.165, 1.54) is 26.2 Å². The Morgan fingerprint density at radius 3 is 2.47 bits per heavy atom. The molecule has 1 aromatic rings. The Labute approximate surface area is 100 Å². The Bertz CT molecular complexity index is 444. The third kappa shape index (κ3) is 2.94. The lowest BCUT2D eigenvalue weighted by molar-refractivity contribution is -0.141. The Morgan fingerprint density at radius 1 is 1.47 bits per heavy atom. The van der Waals surface area contributed by atoms with Gasteiger partial charge in [-0.25, -0.2) is 0 Å². The van der Waals surface area contributed by atoms with Gasteiger partial charge in [0.05, 0.1) is 13.5 Å². The predicted octanol–water partition coefficient (Wildman–Crippen LogP) is 0.820. The smallest absolute Gasteiger partial charge is 0.307 e. The van der Waals surface area contributed by atoms with E-state index in [2.05, 4.69) is 4.74 Å². The number of carbonyl (C=O) groups excluding carboxylic acids is 1. The highest BCUT2D eigenvalue weighted by Gasteiger charge is 2.43. The van der Waals surface area contributed by atoms with E-state index in [9.17, 15) is 14.3 Å². The summed E-state index contributed by atoms with van der Waals surface area (Å²) < 4.78 is 16.8. The summed E-state index contributed by atoms with van der Waals surface area (Å²) in [4.78, 5) is 21.3. The van der Waals surface area contributed by atoms with Gasteiger partial charge in [0.1, 0.15) is 5.28 Å². The number of nitrogens with two attached hydrogens (primary N) is 1. The van der Waals surface area contributed by atoms with E-state index in [0.717, 1.165) is 0 Å². The molecule has 0 fully saturated rings. The summed E-state index contributed by atoms with van der Waals surface area (Å²) in [6, 6.07) is 8.06. The van der Waals surface area contributed by atoms with Crippen LogP contribution >= 0.6 is 7.37 Å². The summed E-state index contributed by atoms with van der Waals surface area (Å²) in [7, 11) is -2.63. The van der Waals surface area contributed by atoms with Crippen molar-refractivity contribution in [2.75, 3.05) is 7.11 Å². The van der Waals surface area contributed by atoms with Gasteiger partial charge in [-0.2, -0.15) is 0 Å². The molecule has 1 aromatic carbocycles. The maximum absolute atomic E-state index is 12.3. The topological polar surface area (TPSA) is 89.6 Å². The van der Waals surface area contributed by atoms with Crippen LogP contribution in [0.2, 0.25) is 0 Å². The maximum atomic E-state index is 12.3. The van der Waals surface area contributed by atoms with Crippen molar-refractivity contribution in [3.05, 3.63) is 30.3 Å². The number of rotatable bonds is 4. The molecule has 0 aliphatic carbocycles. The molecule has 0 aliphatic rings. The first-order valence-electron chi connectivity index (χ1n) is 5.05. The van der Waals surface area contributed by atoms with Gasteiger partial charge in [-0.15, -0.1) is 0 Å². The van der Waals surface area contributed by atoms with Crippen LogP contribution in [0.5, 0.6) is 0 Å². The number of methoxy groups -OCH3 is 1. The van der Waals surface area contributed by atoms with Crippen LogP contribution in [0.3, 0.4) is 0 Å². The number of esters is 1. The molecule has 2 atom stereocenters. The molecule has 94 valence electrons. The second-order valence-corrected chi connectivity index (χ2v) is 6.71. The van der Waals surface area contributed by atoms with Crippen molar-refractivity contribution in [1.82, 2.24) is 0 Å². The Hall–Kier alpha value is -1.16. The summed E-state index contributed by atoms with van der Waals surface area (Å²) in [6.07, 6.45) is -0.313. The molecule has 1 rings (SSSR count). The lowest BCUT2D eigenvalue weighted by Crippen LogP contribution is -2.41. The Morgan fingerprint density at radius 2 is 2.00 bits per heavy atom. The molecule has 0 saturated heterocycles. The third-order valence-corrected chi connectivity index (χ3v) is 5.07. The number of hydrogen-bond acceptors (Lipinski definition) is 4. The van der Waals surface area contributed by atoms with Gasteiger partial charge in [0.25, 0.3) is 0 Å². The molecule has 0 spiro atoms. The minimum absolute atomic E-state index is 0.230. The molecule has 0 bridgehead atoms. The van der Waals surface area contributed by atoms with Crippen LogP contribution < -0.4 is 11.0 Å². The van der Waals surface area contributed by atoms with Crippen LogP contribution in [0.15, 0.2) is 30.3 Å². The molecular weight excluding hydrogens is 241 g/mol. The van der Waals surface area contributed by atoms with E-state index in [4.69, 9.17) is 5.73 Å². The van der Waals surface area contributed by atoms with Crippen molar-refractivity contribution in [2.24, 2.45) is 5.73 Å². The van der Waals surface area contributed by atoms with Crippen LogP contribution in [-0.4, -0.2) is 23.3 Å². The van der Waals surface area contributed by atoms with Crippen LogP contribution in [0.1, 0.15) is 13.3 Å². The van der Waals surface area contributed by atoms with E-state index in [1.807, 2.05) is 0 Å². The molecular formula is C11H16NO4P. The lowest BCUT2D eigenvalue weighted by Gasteiger charge is -2.29. The van der Waals surface area contributed by atoms with Gasteiger partial charge >= 0.3 is 5.97 Å². The molecule has 0 aromatic heterocycles. The first-order valence-corrected chi connectivity index (χ1v) is 6.71. The molecule has 0 aliphatic heterocycles. The molecule has 0 saturated carbocycles. The normalized spacial score (nSPS) is 17.9. The highest BCUT2D eigenvalue weighted by atomic mass is 31.2. The summed E-state index contributed by atoms with van der Waals surface area (Å²) in [5.41, 5.74) is 5.79. The molecule has 17 heavy (non-hydrogen) atoms. The molecule has 2 unspecified atom stereocenters. The van der Waals surface area contributed by atoms with Gasteiger partial charge < -0.3 is 15.4 Å². The van der Waals surface area contributed by atoms with Crippen LogP contribution in [-0.2, 0) is 14.1 Å². The zero-order valence-corrected chi connectivity index (χ0v) is 10.7. The van der Waals surface area contributed by atoms with Crippen molar-refractivity contribution < 1.29 is 19.0 Å². The average molecular weight is 257 g/mol. The van der Waals surface area contributed by atoms with Gasteiger partial charge in [-0.1, -0.05) is 18.2 Å². The SMILES string of the molecule is COC(=O)CC(C)(N)P(=O)(O)c1ccccc1. The monoisotopic (exact) mass is 257 g/mol. The van der Waals surface area contributed by atoms with Gasteiger partial charge in [0, 0.05) is 5.30 Å². The molecule has 3 N–H and O–H groups in total. The molecule has 6 heteroatoms. The van der Waals surface area contributed by atoms with E-state index in [-0.39, 0.29) is 11.7 Å². The van der Waals surface area contributed by atoms with E-state index in [0.29, 0.717) is 0 Å². The second-order valence-electron chi connectivity index (χ2n) is 4.02. The van der Waals surface area contributed by atoms with E-state index in [1.54, 1.807) is 18.2 Å². The highest BCUT2D eigenvalue weighted by Crippen LogP contribution is 2.51. The van der Waals surface area contributed by atoms with Crippen molar-refractivity contribution >= 4 is 18.6 Å². The number of ether oxygens (including phenoxy) is 1.